The summed E-state index contributed by atoms with van der Waals surface area (Å²) in [6, 6.07) is 3.40. The van der Waals surface area contributed by atoms with Crippen LogP contribution in [0.5, 0.6) is 0 Å². The second-order valence-corrected chi connectivity index (χ2v) is 3.57. The molecule has 1 heterocycles. The van der Waals surface area contributed by atoms with Crippen molar-refractivity contribution in [3.63, 3.8) is 0 Å². The van der Waals surface area contributed by atoms with Crippen LogP contribution in [0.1, 0.15) is 18.9 Å². The van der Waals surface area contributed by atoms with Crippen molar-refractivity contribution in [2.45, 2.75) is 25.9 Å². The van der Waals surface area contributed by atoms with Gasteiger partial charge in [-0.3, -0.25) is 9.78 Å². The van der Waals surface area contributed by atoms with Crippen molar-refractivity contribution in [1.29, 1.82) is 0 Å². The zero-order valence-corrected chi connectivity index (χ0v) is 11.6. The number of likely N-dealkylation sites (N-methyl/N-ethyl adjacent to an activating group) is 1. The lowest BCUT2D eigenvalue weighted by atomic mass is 10.2. The molecule has 0 aliphatic rings. The number of hydrogen-bond acceptors (Lipinski definition) is 3. The fraction of sp³-hybridized carbons (Fsp3) is 0.455. The van der Waals surface area contributed by atoms with Gasteiger partial charge >= 0.3 is 0 Å². The lowest BCUT2D eigenvalue weighted by Gasteiger charge is -2.20. The van der Waals surface area contributed by atoms with E-state index in [-0.39, 0.29) is 30.7 Å². The summed E-state index contributed by atoms with van der Waals surface area (Å²) in [4.78, 5) is 17.3. The highest BCUT2D eigenvalue weighted by molar-refractivity contribution is 5.85. The number of halogens is 2. The van der Waals surface area contributed by atoms with Crippen LogP contribution in [0.2, 0.25) is 0 Å². The van der Waals surface area contributed by atoms with Crippen molar-refractivity contribution < 1.29 is 4.79 Å². The fourth-order valence-electron chi connectivity index (χ4n) is 1.30. The number of rotatable bonds is 4. The molecule has 1 aromatic heterocycles. The molecule has 6 heteroatoms. The van der Waals surface area contributed by atoms with Gasteiger partial charge in [0.2, 0.25) is 5.91 Å². The van der Waals surface area contributed by atoms with E-state index in [4.69, 9.17) is 5.73 Å². The Bertz CT molecular complexity index is 322. The van der Waals surface area contributed by atoms with Crippen LogP contribution in [0.25, 0.3) is 0 Å². The third-order valence-corrected chi connectivity index (χ3v) is 2.28. The van der Waals surface area contributed by atoms with Crippen molar-refractivity contribution in [2.75, 3.05) is 7.05 Å². The summed E-state index contributed by atoms with van der Waals surface area (Å²) in [5.74, 6) is -0.0265. The summed E-state index contributed by atoms with van der Waals surface area (Å²) < 4.78 is 0. The Balaban J connectivity index is 0. The second kappa shape index (κ2) is 9.22. The van der Waals surface area contributed by atoms with Gasteiger partial charge in [0.15, 0.2) is 0 Å². The monoisotopic (exact) mass is 279 g/mol. The molecular weight excluding hydrogens is 261 g/mol. The van der Waals surface area contributed by atoms with Crippen LogP contribution in [0.15, 0.2) is 24.5 Å². The van der Waals surface area contributed by atoms with Gasteiger partial charge in [-0.2, -0.15) is 0 Å². The molecular formula is C11H19Cl2N3O. The van der Waals surface area contributed by atoms with Crippen LogP contribution in [0, 0.1) is 0 Å². The van der Waals surface area contributed by atoms with E-state index in [0.717, 1.165) is 5.56 Å². The molecule has 0 aliphatic heterocycles. The predicted octanol–water partition coefficient (Wildman–Crippen LogP) is 1.62. The van der Waals surface area contributed by atoms with Crippen LogP contribution in [0.3, 0.4) is 0 Å². The maximum absolute atomic E-state index is 11.7. The van der Waals surface area contributed by atoms with Gasteiger partial charge in [-0.15, -0.1) is 24.8 Å². The van der Waals surface area contributed by atoms with E-state index in [2.05, 4.69) is 4.98 Å². The lowest BCUT2D eigenvalue weighted by molar-refractivity contribution is -0.131. The molecule has 0 spiro atoms. The molecule has 4 nitrogen and oxygen atoms in total. The van der Waals surface area contributed by atoms with Gasteiger partial charge < -0.3 is 10.6 Å². The summed E-state index contributed by atoms with van der Waals surface area (Å²) in [6.07, 6.45) is 4.13. The number of carbonyl (C=O) groups excluding carboxylic acids is 1. The molecule has 0 aromatic carbocycles. The molecule has 1 rings (SSSR count). The van der Waals surface area contributed by atoms with Crippen LogP contribution in [0.4, 0.5) is 0 Å². The second-order valence-electron chi connectivity index (χ2n) is 3.57. The molecule has 1 aromatic rings. The zero-order valence-electron chi connectivity index (χ0n) is 10.00. The highest BCUT2D eigenvalue weighted by atomic mass is 35.5. The standard InChI is InChI=1S/C11H17N3O.2ClH/c1-3-10(12)11(15)14(2)8-9-5-4-6-13-7-9;;/h4-7,10H,3,8,12H2,1-2H3;2*1H/t10-;;/m0../s1. The van der Waals surface area contributed by atoms with Gasteiger partial charge in [0, 0.05) is 26.0 Å². The first-order chi connectivity index (χ1) is 7.15. The first-order valence-corrected chi connectivity index (χ1v) is 5.04. The average molecular weight is 280 g/mol. The van der Waals surface area contributed by atoms with Crippen LogP contribution < -0.4 is 5.73 Å². The molecule has 1 amide bonds. The molecule has 0 unspecified atom stereocenters. The van der Waals surface area contributed by atoms with Crippen molar-refractivity contribution in [3.05, 3.63) is 30.1 Å². The maximum atomic E-state index is 11.7. The maximum Gasteiger partial charge on any atom is 0.239 e. The van der Waals surface area contributed by atoms with E-state index >= 15 is 0 Å². The zero-order chi connectivity index (χ0) is 11.3. The summed E-state index contributed by atoms with van der Waals surface area (Å²) >= 11 is 0. The van der Waals surface area contributed by atoms with Crippen LogP contribution in [-0.4, -0.2) is 28.9 Å². The van der Waals surface area contributed by atoms with E-state index in [1.54, 1.807) is 24.3 Å². The van der Waals surface area contributed by atoms with Gasteiger partial charge in [0.05, 0.1) is 6.04 Å². The lowest BCUT2D eigenvalue weighted by Crippen LogP contribution is -2.40. The van der Waals surface area contributed by atoms with Gasteiger partial charge in [0.1, 0.15) is 0 Å². The summed E-state index contributed by atoms with van der Waals surface area (Å²) in [5.41, 5.74) is 6.68. The van der Waals surface area contributed by atoms with Crippen molar-refractivity contribution in [1.82, 2.24) is 9.88 Å². The first kappa shape index (κ1) is 18.5. The average Bonchev–Trinajstić information content (AvgIpc) is 2.28. The van der Waals surface area contributed by atoms with Crippen molar-refractivity contribution in [3.8, 4) is 0 Å². The Morgan fingerprint density at radius 2 is 2.18 bits per heavy atom. The van der Waals surface area contributed by atoms with Crippen LogP contribution in [-0.2, 0) is 11.3 Å². The van der Waals surface area contributed by atoms with Crippen molar-refractivity contribution >= 4 is 30.7 Å². The quantitative estimate of drug-likeness (QED) is 0.911. The van der Waals surface area contributed by atoms with Gasteiger partial charge in [-0.05, 0) is 18.1 Å². The number of aromatic nitrogens is 1. The predicted molar refractivity (Wildman–Crippen MR) is 73.5 cm³/mol. The molecule has 0 saturated heterocycles. The van der Waals surface area contributed by atoms with Crippen molar-refractivity contribution in [2.24, 2.45) is 5.73 Å². The topological polar surface area (TPSA) is 59.2 Å². The van der Waals surface area contributed by atoms with E-state index in [1.165, 1.54) is 0 Å². The SMILES string of the molecule is CC[C@H](N)C(=O)N(C)Cc1cccnc1.Cl.Cl. The minimum atomic E-state index is -0.397. The minimum absolute atomic E-state index is 0. The molecule has 98 valence electrons. The highest BCUT2D eigenvalue weighted by Gasteiger charge is 2.15. The summed E-state index contributed by atoms with van der Waals surface area (Å²) in [6.45, 7) is 2.46. The molecule has 0 saturated carbocycles. The summed E-state index contributed by atoms with van der Waals surface area (Å²) in [5, 5.41) is 0. The molecule has 0 fully saturated rings. The van der Waals surface area contributed by atoms with E-state index in [0.29, 0.717) is 13.0 Å². The largest absolute Gasteiger partial charge is 0.340 e. The Morgan fingerprint density at radius 1 is 1.53 bits per heavy atom. The van der Waals surface area contributed by atoms with E-state index in [1.807, 2.05) is 19.1 Å². The fourth-order valence-corrected chi connectivity index (χ4v) is 1.30. The molecule has 1 atom stereocenters. The minimum Gasteiger partial charge on any atom is -0.340 e. The summed E-state index contributed by atoms with van der Waals surface area (Å²) in [7, 11) is 1.75. The Hall–Kier alpha value is -0.840. The highest BCUT2D eigenvalue weighted by Crippen LogP contribution is 2.03. The normalized spacial score (nSPS) is 10.8. The Morgan fingerprint density at radius 3 is 2.65 bits per heavy atom. The smallest absolute Gasteiger partial charge is 0.239 e. The number of hydrogen-bond donors (Lipinski definition) is 1. The number of nitrogens with zero attached hydrogens (tertiary/aromatic N) is 2. The van der Waals surface area contributed by atoms with E-state index < -0.39 is 6.04 Å². The molecule has 2 N–H and O–H groups in total. The van der Waals surface area contributed by atoms with Crippen LogP contribution >= 0.6 is 24.8 Å². The number of pyridine rings is 1. The van der Waals surface area contributed by atoms with E-state index in [9.17, 15) is 4.79 Å². The van der Waals surface area contributed by atoms with Gasteiger partial charge in [-0.25, -0.2) is 0 Å². The first-order valence-electron chi connectivity index (χ1n) is 5.04. The molecule has 0 aliphatic carbocycles. The third kappa shape index (κ3) is 5.86. The molecule has 0 bridgehead atoms. The molecule has 17 heavy (non-hydrogen) atoms. The third-order valence-electron chi connectivity index (χ3n) is 2.28. The molecule has 0 radical (unpaired) electrons. The number of amides is 1. The van der Waals surface area contributed by atoms with Gasteiger partial charge in [-0.1, -0.05) is 13.0 Å². The Kier molecular flexibility index (Phi) is 10.0. The number of carbonyl (C=O) groups is 1. The van der Waals surface area contributed by atoms with Gasteiger partial charge in [0.25, 0.3) is 0 Å². The number of nitrogens with two attached hydrogens (primary N) is 1. The Labute approximate surface area is 114 Å².